The number of halogens is 6. The van der Waals surface area contributed by atoms with Gasteiger partial charge in [-0.2, -0.15) is 10.2 Å². The van der Waals surface area contributed by atoms with Crippen molar-refractivity contribution in [1.29, 1.82) is 0 Å². The van der Waals surface area contributed by atoms with E-state index in [2.05, 4.69) is 70.3 Å². The number of hydrogen-bond acceptors (Lipinski definition) is 16. The van der Waals surface area contributed by atoms with Gasteiger partial charge in [0.15, 0.2) is 22.9 Å². The van der Waals surface area contributed by atoms with Crippen LogP contribution in [0.15, 0.2) is 48.8 Å². The number of anilines is 6. The number of nitrogens with one attached hydrogen (secondary N) is 3. The number of hydrogen-bond donors (Lipinski definition) is 5. The molecule has 0 spiro atoms. The topological polar surface area (TPSA) is 238 Å². The summed E-state index contributed by atoms with van der Waals surface area (Å²) in [6, 6.07) is 8.98. The molecule has 2 fully saturated rings. The molecule has 2 aromatic carbocycles. The summed E-state index contributed by atoms with van der Waals surface area (Å²) in [7, 11) is 5.39. The van der Waals surface area contributed by atoms with Crippen LogP contribution >= 0.6 is 0 Å². The number of carbonyl (C=O) groups is 2. The Kier molecular flexibility index (Phi) is 13.1. The van der Waals surface area contributed by atoms with Crippen LogP contribution in [-0.2, 0) is 39.8 Å². The number of aromatic nitrogens is 8. The molecule has 10 rings (SSSR count). The van der Waals surface area contributed by atoms with Crippen LogP contribution in [-0.4, -0.2) is 128 Å². The summed E-state index contributed by atoms with van der Waals surface area (Å²) >= 11 is 0. The number of fused-ring (bicyclic) bond motifs is 6. The molecule has 71 heavy (non-hydrogen) atoms. The van der Waals surface area contributed by atoms with Gasteiger partial charge in [0.2, 0.25) is 11.9 Å². The second-order valence-corrected chi connectivity index (χ2v) is 17.2. The number of nitrogens with two attached hydrogens (primary N) is 2. The molecule has 0 radical (unpaired) electrons. The van der Waals surface area contributed by atoms with Crippen molar-refractivity contribution in [3.8, 4) is 34.3 Å². The number of aryl methyl sites for hydroxylation is 4. The SMILES string of the molecule is CN1CCN(c2ccc(OC(F)(F)F)c(Nc3ncc4c(n3)-c3c(c(C(N)=O)nn3C)CC4)c2)CC1.Cn1nc(C(N)=O)c2c1-c1nc(Nc3cc(N4CCNCC4)ccc3OC(F)(F)F)ncc1CC2. The Hall–Kier alpha value is -7.74. The molecule has 2 saturated heterocycles. The van der Waals surface area contributed by atoms with Gasteiger partial charge in [-0.25, -0.2) is 19.9 Å². The van der Waals surface area contributed by atoms with Gasteiger partial charge in [-0.15, -0.1) is 26.3 Å². The lowest BCUT2D eigenvalue weighted by atomic mass is 9.93. The van der Waals surface area contributed by atoms with Crippen molar-refractivity contribution in [2.75, 3.05) is 79.8 Å². The standard InChI is InChI=1S/C23H25F3N8O2.C22H23F3N8O2/c1-32-7-9-34(10-8-32)14-4-6-17(36-23(24,25)26)16(11-14)29-22-28-12-13-3-5-15-19(21(27)35)31-33(2)20(15)18(13)30-22;1-32-19-14(18(31-32)20(26)34)4-2-12-11-28-21(30-17(12)19)29-15-10-13(33-8-6-27-7-9-33)3-5-16(15)35-22(23,24)25/h4,6,11-12H,3,5,7-10H2,1-2H3,(H2,27,35)(H,28,29,30);3,5,10-11,27H,2,4,6-9H2,1H3,(H2,26,34)(H,28,29,30). The highest BCUT2D eigenvalue weighted by atomic mass is 19.4. The molecule has 6 heterocycles. The first-order valence-electron chi connectivity index (χ1n) is 22.4. The molecular formula is C45H48F6N16O4. The van der Waals surface area contributed by atoms with Crippen molar-refractivity contribution in [2.45, 2.75) is 38.4 Å². The van der Waals surface area contributed by atoms with Gasteiger partial charge >= 0.3 is 12.7 Å². The molecule has 20 nitrogen and oxygen atoms in total. The third-order valence-electron chi connectivity index (χ3n) is 12.4. The van der Waals surface area contributed by atoms with Crippen LogP contribution in [0.1, 0.15) is 43.2 Å². The lowest BCUT2D eigenvalue weighted by Gasteiger charge is -2.34. The lowest BCUT2D eigenvalue weighted by molar-refractivity contribution is -0.275. The average molecular weight is 991 g/mol. The molecular weight excluding hydrogens is 943 g/mol. The van der Waals surface area contributed by atoms with E-state index < -0.39 is 30.3 Å². The summed E-state index contributed by atoms with van der Waals surface area (Å²) in [6.07, 6.45) is -4.21. The van der Waals surface area contributed by atoms with Gasteiger partial charge in [-0.05, 0) is 80.3 Å². The predicted molar refractivity (Wildman–Crippen MR) is 248 cm³/mol. The van der Waals surface area contributed by atoms with E-state index in [9.17, 15) is 35.9 Å². The van der Waals surface area contributed by atoms with Crippen LogP contribution in [0.2, 0.25) is 0 Å². The van der Waals surface area contributed by atoms with Crippen LogP contribution in [0.4, 0.5) is 61.0 Å². The molecule has 4 aromatic heterocycles. The number of ether oxygens (including phenoxy) is 2. The zero-order valence-corrected chi connectivity index (χ0v) is 38.6. The number of likely N-dealkylation sites (N-methyl/N-ethyl adjacent to an activating group) is 1. The van der Waals surface area contributed by atoms with Gasteiger partial charge < -0.3 is 51.6 Å². The fraction of sp³-hybridized carbons (Fsp3) is 0.378. The average Bonchev–Trinajstić information content (AvgIpc) is 3.86. The molecule has 2 amide bonds. The number of carbonyl (C=O) groups excluding carboxylic acids is 2. The van der Waals surface area contributed by atoms with Crippen LogP contribution in [0.5, 0.6) is 11.5 Å². The zero-order chi connectivity index (χ0) is 50.4. The number of amides is 2. The smallest absolute Gasteiger partial charge is 0.404 e. The number of alkyl halides is 6. The van der Waals surface area contributed by atoms with Crippen LogP contribution in [0.25, 0.3) is 22.8 Å². The Morgan fingerprint density at radius 2 is 1.04 bits per heavy atom. The first kappa shape index (κ1) is 48.3. The summed E-state index contributed by atoms with van der Waals surface area (Å²) in [5.41, 5.74) is 18.4. The third-order valence-corrected chi connectivity index (χ3v) is 12.4. The first-order valence-corrected chi connectivity index (χ1v) is 22.4. The van der Waals surface area contributed by atoms with Crippen molar-refractivity contribution in [1.82, 2.24) is 49.7 Å². The van der Waals surface area contributed by atoms with E-state index in [0.717, 1.165) is 74.9 Å². The van der Waals surface area contributed by atoms with Crippen LogP contribution < -0.4 is 46.7 Å². The highest BCUT2D eigenvalue weighted by molar-refractivity contribution is 5.95. The summed E-state index contributed by atoms with van der Waals surface area (Å²) < 4.78 is 90.2. The minimum absolute atomic E-state index is 0.0807. The van der Waals surface area contributed by atoms with Crippen molar-refractivity contribution in [2.24, 2.45) is 25.6 Å². The van der Waals surface area contributed by atoms with E-state index in [4.69, 9.17) is 11.5 Å². The normalized spacial score (nSPS) is 15.6. The summed E-state index contributed by atoms with van der Waals surface area (Å²) in [4.78, 5) is 47.8. The number of piperazine rings is 2. The van der Waals surface area contributed by atoms with E-state index in [1.54, 1.807) is 50.8 Å². The number of rotatable bonds is 10. The first-order chi connectivity index (χ1) is 33.8. The maximum Gasteiger partial charge on any atom is 0.573 e. The highest BCUT2D eigenvalue weighted by Crippen LogP contribution is 2.40. The van der Waals surface area contributed by atoms with Gasteiger partial charge in [0.25, 0.3) is 11.8 Å². The van der Waals surface area contributed by atoms with Gasteiger partial charge in [0.1, 0.15) is 0 Å². The molecule has 0 bridgehead atoms. The van der Waals surface area contributed by atoms with Crippen molar-refractivity contribution >= 4 is 46.5 Å². The Morgan fingerprint density at radius 1 is 0.620 bits per heavy atom. The third kappa shape index (κ3) is 10.6. The number of benzene rings is 2. The Balaban J connectivity index is 0.000000176. The summed E-state index contributed by atoms with van der Waals surface area (Å²) in [5.74, 6) is -1.86. The molecule has 374 valence electrons. The van der Waals surface area contributed by atoms with E-state index >= 15 is 0 Å². The number of primary amides is 2. The minimum atomic E-state index is -4.86. The van der Waals surface area contributed by atoms with Gasteiger partial charge in [0.05, 0.1) is 34.2 Å². The quantitative estimate of drug-likeness (QED) is 0.118. The zero-order valence-electron chi connectivity index (χ0n) is 38.6. The van der Waals surface area contributed by atoms with E-state index in [1.807, 2.05) is 7.05 Å². The molecule has 26 heteroatoms. The minimum Gasteiger partial charge on any atom is -0.404 e. The monoisotopic (exact) mass is 990 g/mol. The molecule has 7 N–H and O–H groups in total. The van der Waals surface area contributed by atoms with E-state index in [1.165, 1.54) is 21.5 Å². The molecule has 0 saturated carbocycles. The second kappa shape index (κ2) is 19.2. The molecule has 4 aliphatic rings. The molecule has 0 unspecified atom stereocenters. The van der Waals surface area contributed by atoms with Crippen molar-refractivity contribution in [3.05, 3.63) is 82.4 Å². The van der Waals surface area contributed by atoms with Crippen LogP contribution in [0.3, 0.4) is 0 Å². The van der Waals surface area contributed by atoms with Crippen molar-refractivity contribution < 1.29 is 45.4 Å². The molecule has 2 aliphatic carbocycles. The maximum atomic E-state index is 13.1. The summed E-state index contributed by atoms with van der Waals surface area (Å²) in [5, 5.41) is 17.5. The van der Waals surface area contributed by atoms with E-state index in [-0.39, 0.29) is 40.4 Å². The predicted octanol–water partition coefficient (Wildman–Crippen LogP) is 4.60. The van der Waals surface area contributed by atoms with E-state index in [0.29, 0.717) is 59.6 Å². The Morgan fingerprint density at radius 3 is 1.45 bits per heavy atom. The van der Waals surface area contributed by atoms with Gasteiger partial charge in [0, 0.05) is 101 Å². The lowest BCUT2D eigenvalue weighted by Crippen LogP contribution is -2.44. The highest BCUT2D eigenvalue weighted by Gasteiger charge is 2.35. The Bertz CT molecular complexity index is 3000. The Labute approximate surface area is 401 Å². The largest absolute Gasteiger partial charge is 0.573 e. The van der Waals surface area contributed by atoms with Crippen LogP contribution in [0, 0.1) is 0 Å². The molecule has 0 atom stereocenters. The van der Waals surface area contributed by atoms with Gasteiger partial charge in [-0.3, -0.25) is 19.0 Å². The van der Waals surface area contributed by atoms with Gasteiger partial charge in [-0.1, -0.05) is 0 Å². The second-order valence-electron chi connectivity index (χ2n) is 17.2. The fourth-order valence-corrected chi connectivity index (χ4v) is 9.11. The maximum absolute atomic E-state index is 13.1. The fourth-order valence-electron chi connectivity index (χ4n) is 9.11. The molecule has 6 aromatic rings. The number of nitrogens with zero attached hydrogens (tertiary/aromatic N) is 11. The van der Waals surface area contributed by atoms with Crippen molar-refractivity contribution in [3.63, 3.8) is 0 Å². The molecule has 2 aliphatic heterocycles. The summed E-state index contributed by atoms with van der Waals surface area (Å²) in [6.45, 7) is 6.18.